The third-order valence-electron chi connectivity index (χ3n) is 5.25. The van der Waals surface area contributed by atoms with Crippen molar-refractivity contribution in [2.75, 3.05) is 0 Å². The predicted molar refractivity (Wildman–Crippen MR) is 139 cm³/mol. The van der Waals surface area contributed by atoms with Crippen LogP contribution in [0.5, 0.6) is 0 Å². The summed E-state index contributed by atoms with van der Waals surface area (Å²) in [4.78, 5) is 53.1. The number of nitrogens with one attached hydrogen (secondary N) is 2. The molecule has 36 heavy (non-hydrogen) atoms. The maximum atomic E-state index is 13.9. The quantitative estimate of drug-likeness (QED) is 0.402. The molecule has 9 heteroatoms. The molecule has 0 spiro atoms. The molecule has 198 valence electrons. The molecule has 0 aliphatic carbocycles. The first-order valence-corrected chi connectivity index (χ1v) is 12.2. The average Bonchev–Trinajstić information content (AvgIpc) is 2.74. The molecule has 0 bridgehead atoms. The molecular weight excluding hydrogens is 460 g/mol. The van der Waals surface area contributed by atoms with Crippen LogP contribution in [0.4, 0.5) is 4.79 Å². The fourth-order valence-electron chi connectivity index (χ4n) is 3.82. The first-order valence-electron chi connectivity index (χ1n) is 12.2. The van der Waals surface area contributed by atoms with Crippen LogP contribution in [0.15, 0.2) is 24.3 Å². The second-order valence-electron chi connectivity index (χ2n) is 10.0. The minimum atomic E-state index is -1.35. The lowest BCUT2D eigenvalue weighted by Gasteiger charge is -2.37. The van der Waals surface area contributed by atoms with Crippen LogP contribution in [0.1, 0.15) is 84.9 Å². The summed E-state index contributed by atoms with van der Waals surface area (Å²) in [5.74, 6) is 0.700. The van der Waals surface area contributed by atoms with E-state index in [9.17, 15) is 19.2 Å². The molecule has 9 nitrogen and oxygen atoms in total. The van der Waals surface area contributed by atoms with E-state index >= 15 is 0 Å². The van der Waals surface area contributed by atoms with Gasteiger partial charge in [-0.2, -0.15) is 0 Å². The van der Waals surface area contributed by atoms with E-state index in [2.05, 4.69) is 16.6 Å². The Balaban J connectivity index is 3.56. The Kier molecular flexibility index (Phi) is 11.5. The number of amides is 4. The number of nitrogens with two attached hydrogens (primary N) is 1. The Morgan fingerprint density at radius 2 is 1.72 bits per heavy atom. The van der Waals surface area contributed by atoms with Gasteiger partial charge in [-0.15, -0.1) is 6.42 Å². The van der Waals surface area contributed by atoms with E-state index in [-0.39, 0.29) is 6.04 Å². The highest BCUT2D eigenvalue weighted by Crippen LogP contribution is 2.28. The lowest BCUT2D eigenvalue weighted by Crippen LogP contribution is -2.56. The van der Waals surface area contributed by atoms with Gasteiger partial charge in [0.15, 0.2) is 0 Å². The Morgan fingerprint density at radius 3 is 2.22 bits per heavy atom. The number of carbonyl (C=O) groups is 4. The molecular formula is C27H40N4O5. The fraction of sp³-hybridized carbons (Fsp3) is 0.556. The van der Waals surface area contributed by atoms with E-state index in [0.29, 0.717) is 11.1 Å². The summed E-state index contributed by atoms with van der Waals surface area (Å²) in [6.07, 6.45) is 5.97. The molecule has 0 aliphatic rings. The van der Waals surface area contributed by atoms with Gasteiger partial charge in [0.1, 0.15) is 17.7 Å². The minimum absolute atomic E-state index is 0.145. The van der Waals surface area contributed by atoms with Crippen LogP contribution in [-0.2, 0) is 19.1 Å². The van der Waals surface area contributed by atoms with Gasteiger partial charge in [0.25, 0.3) is 0 Å². The molecule has 1 rings (SSSR count). The van der Waals surface area contributed by atoms with Gasteiger partial charge in [-0.05, 0) is 59.6 Å². The molecule has 0 radical (unpaired) electrons. The zero-order valence-corrected chi connectivity index (χ0v) is 22.4. The first kappa shape index (κ1) is 30.5. The van der Waals surface area contributed by atoms with Gasteiger partial charge in [0.05, 0.1) is 6.42 Å². The molecule has 0 aliphatic heterocycles. The normalized spacial score (nSPS) is 13.6. The SMILES string of the molecule is C#Cc1ccccc1C(C(=O)NC(C)CCC)N(C(=O)C(CC(N)=O)NC(=O)OC(C)(C)C)C(C)C. The summed E-state index contributed by atoms with van der Waals surface area (Å²) in [6.45, 7) is 12.4. The van der Waals surface area contributed by atoms with Crippen molar-refractivity contribution in [3.8, 4) is 12.3 Å². The van der Waals surface area contributed by atoms with Gasteiger partial charge < -0.3 is 26.0 Å². The van der Waals surface area contributed by atoms with Gasteiger partial charge in [0.2, 0.25) is 17.7 Å². The molecule has 1 aromatic rings. The number of carbonyl (C=O) groups excluding carboxylic acids is 4. The number of terminal acetylenes is 1. The third-order valence-corrected chi connectivity index (χ3v) is 5.25. The summed E-state index contributed by atoms with van der Waals surface area (Å²) in [6, 6.07) is 3.75. The number of hydrogen-bond donors (Lipinski definition) is 3. The van der Waals surface area contributed by atoms with Gasteiger partial charge in [-0.3, -0.25) is 14.4 Å². The van der Waals surface area contributed by atoms with Crippen LogP contribution in [0, 0.1) is 12.3 Å². The van der Waals surface area contributed by atoms with Crippen molar-refractivity contribution in [1.82, 2.24) is 15.5 Å². The summed E-state index contributed by atoms with van der Waals surface area (Å²) in [7, 11) is 0. The molecule has 0 fully saturated rings. The minimum Gasteiger partial charge on any atom is -0.444 e. The number of ether oxygens (including phenoxy) is 1. The van der Waals surface area contributed by atoms with Crippen molar-refractivity contribution < 1.29 is 23.9 Å². The number of alkyl carbamates (subject to hydrolysis) is 1. The monoisotopic (exact) mass is 500 g/mol. The predicted octanol–water partition coefficient (Wildman–Crippen LogP) is 3.02. The van der Waals surface area contributed by atoms with Crippen LogP contribution in [0.25, 0.3) is 0 Å². The highest BCUT2D eigenvalue weighted by atomic mass is 16.6. The number of rotatable bonds is 11. The van der Waals surface area contributed by atoms with E-state index in [1.54, 1.807) is 58.9 Å². The molecule has 1 aromatic carbocycles. The third kappa shape index (κ3) is 9.25. The highest BCUT2D eigenvalue weighted by Gasteiger charge is 2.39. The molecule has 0 heterocycles. The maximum absolute atomic E-state index is 13.9. The van der Waals surface area contributed by atoms with Crippen molar-refractivity contribution in [3.63, 3.8) is 0 Å². The summed E-state index contributed by atoms with van der Waals surface area (Å²) >= 11 is 0. The van der Waals surface area contributed by atoms with E-state index in [1.165, 1.54) is 4.90 Å². The van der Waals surface area contributed by atoms with Crippen molar-refractivity contribution >= 4 is 23.8 Å². The molecule has 3 atom stereocenters. The summed E-state index contributed by atoms with van der Waals surface area (Å²) in [5.41, 5.74) is 5.47. The molecule has 4 amide bonds. The Bertz CT molecular complexity index is 977. The summed E-state index contributed by atoms with van der Waals surface area (Å²) < 4.78 is 5.27. The maximum Gasteiger partial charge on any atom is 0.408 e. The second-order valence-corrected chi connectivity index (χ2v) is 10.0. The molecule has 3 unspecified atom stereocenters. The van der Waals surface area contributed by atoms with Crippen LogP contribution in [0.2, 0.25) is 0 Å². The standard InChI is InChI=1S/C27H40N4O5/c1-9-13-18(5)29-24(33)23(20-15-12-11-14-19(20)10-2)31(17(3)4)25(34)21(16-22(28)32)30-26(35)36-27(6,7)8/h2,11-12,14-15,17-18,21,23H,9,13,16H2,1,3-8H3,(H2,28,32)(H,29,33)(H,30,35). The van der Waals surface area contributed by atoms with Crippen LogP contribution >= 0.6 is 0 Å². The van der Waals surface area contributed by atoms with Crippen LogP contribution < -0.4 is 16.4 Å². The van der Waals surface area contributed by atoms with Crippen LogP contribution in [0.3, 0.4) is 0 Å². The zero-order valence-electron chi connectivity index (χ0n) is 22.4. The fourth-order valence-corrected chi connectivity index (χ4v) is 3.82. The highest BCUT2D eigenvalue weighted by molar-refractivity contribution is 5.95. The topological polar surface area (TPSA) is 131 Å². The Morgan fingerprint density at radius 1 is 1.11 bits per heavy atom. The number of primary amides is 1. The Labute approximate surface area is 214 Å². The molecule has 0 aromatic heterocycles. The van der Waals surface area contributed by atoms with Crippen molar-refractivity contribution in [2.24, 2.45) is 5.73 Å². The van der Waals surface area contributed by atoms with Crippen molar-refractivity contribution in [1.29, 1.82) is 0 Å². The number of nitrogens with zero attached hydrogens (tertiary/aromatic N) is 1. The van der Waals surface area contributed by atoms with Gasteiger partial charge in [-0.25, -0.2) is 4.79 Å². The molecule has 0 saturated carbocycles. The van der Waals surface area contributed by atoms with Crippen LogP contribution in [-0.4, -0.2) is 52.4 Å². The largest absolute Gasteiger partial charge is 0.444 e. The lowest BCUT2D eigenvalue weighted by atomic mass is 9.95. The smallest absolute Gasteiger partial charge is 0.408 e. The van der Waals surface area contributed by atoms with E-state index in [0.717, 1.165) is 12.8 Å². The lowest BCUT2D eigenvalue weighted by molar-refractivity contribution is -0.145. The molecule has 0 saturated heterocycles. The zero-order chi connectivity index (χ0) is 27.6. The second kappa shape index (κ2) is 13.5. The van der Waals surface area contributed by atoms with Gasteiger partial charge in [0, 0.05) is 17.6 Å². The Hall–Kier alpha value is -3.54. The van der Waals surface area contributed by atoms with Crippen molar-refractivity contribution in [2.45, 2.75) is 97.5 Å². The number of benzene rings is 1. The molecule has 4 N–H and O–H groups in total. The van der Waals surface area contributed by atoms with E-state index in [4.69, 9.17) is 16.9 Å². The van der Waals surface area contributed by atoms with Gasteiger partial charge >= 0.3 is 6.09 Å². The van der Waals surface area contributed by atoms with Gasteiger partial charge in [-0.1, -0.05) is 37.5 Å². The summed E-state index contributed by atoms with van der Waals surface area (Å²) in [5, 5.41) is 5.42. The number of hydrogen-bond acceptors (Lipinski definition) is 5. The first-order chi connectivity index (χ1) is 16.7. The van der Waals surface area contributed by atoms with Crippen molar-refractivity contribution in [3.05, 3.63) is 35.4 Å². The average molecular weight is 501 g/mol. The van der Waals surface area contributed by atoms with E-state index in [1.807, 2.05) is 13.8 Å². The van der Waals surface area contributed by atoms with E-state index < -0.39 is 54.0 Å².